The van der Waals surface area contributed by atoms with Gasteiger partial charge in [0.1, 0.15) is 5.65 Å². The molecule has 0 fully saturated rings. The van der Waals surface area contributed by atoms with Gasteiger partial charge in [-0.1, -0.05) is 37.3 Å². The molecule has 4 rings (SSSR count). The molecule has 0 radical (unpaired) electrons. The molecule has 170 valence electrons. The number of nitrogens with zero attached hydrogens (tertiary/aromatic N) is 4. The number of nitrogens with two attached hydrogens (primary N) is 1. The van der Waals surface area contributed by atoms with E-state index in [2.05, 4.69) is 24.0 Å². The van der Waals surface area contributed by atoms with Crippen LogP contribution in [0, 0.1) is 10.1 Å². The Bertz CT molecular complexity index is 1270. The molecule has 0 spiro atoms. The maximum absolute atomic E-state index is 11.7. The zero-order valence-electron chi connectivity index (χ0n) is 18.8. The number of anilines is 1. The first-order valence-electron chi connectivity index (χ1n) is 10.9. The van der Waals surface area contributed by atoms with Crippen LogP contribution in [-0.2, 0) is 13.1 Å². The molecule has 0 bridgehead atoms. The first kappa shape index (κ1) is 22.3. The average molecular weight is 446 g/mol. The summed E-state index contributed by atoms with van der Waals surface area (Å²) in [5, 5.41) is 11.7. The number of nitro groups is 1. The van der Waals surface area contributed by atoms with E-state index in [-0.39, 0.29) is 11.4 Å². The lowest BCUT2D eigenvalue weighted by Gasteiger charge is -2.21. The maximum Gasteiger partial charge on any atom is 0.311 e. The fraction of sp³-hybridized carbons (Fsp3) is 0.240. The molecule has 2 aromatic heterocycles. The molecular formula is C25H27N5O3. The van der Waals surface area contributed by atoms with Crippen LogP contribution in [0.5, 0.6) is 5.75 Å². The quantitative estimate of drug-likeness (QED) is 0.290. The highest BCUT2D eigenvalue weighted by atomic mass is 16.6. The van der Waals surface area contributed by atoms with Crippen molar-refractivity contribution in [1.82, 2.24) is 14.3 Å². The molecule has 2 heterocycles. The van der Waals surface area contributed by atoms with E-state index in [0.717, 1.165) is 24.4 Å². The second kappa shape index (κ2) is 9.70. The summed E-state index contributed by atoms with van der Waals surface area (Å²) in [7, 11) is 0. The smallest absolute Gasteiger partial charge is 0.311 e. The minimum atomic E-state index is -0.421. The van der Waals surface area contributed by atoms with Crippen LogP contribution in [0.25, 0.3) is 16.9 Å². The summed E-state index contributed by atoms with van der Waals surface area (Å²) < 4.78 is 7.42. The van der Waals surface area contributed by atoms with Crippen molar-refractivity contribution in [1.29, 1.82) is 0 Å². The molecule has 8 heteroatoms. The molecule has 33 heavy (non-hydrogen) atoms. The van der Waals surface area contributed by atoms with Crippen molar-refractivity contribution < 1.29 is 9.66 Å². The van der Waals surface area contributed by atoms with E-state index in [9.17, 15) is 10.1 Å². The Morgan fingerprint density at radius 3 is 2.58 bits per heavy atom. The molecule has 0 aliphatic heterocycles. The van der Waals surface area contributed by atoms with Crippen molar-refractivity contribution in [2.75, 3.05) is 18.9 Å². The normalized spacial score (nSPS) is 11.2. The van der Waals surface area contributed by atoms with Crippen molar-refractivity contribution >= 4 is 17.0 Å². The van der Waals surface area contributed by atoms with Gasteiger partial charge < -0.3 is 14.9 Å². The highest BCUT2D eigenvalue weighted by Crippen LogP contribution is 2.34. The predicted octanol–water partition coefficient (Wildman–Crippen LogP) is 4.91. The van der Waals surface area contributed by atoms with Gasteiger partial charge in [-0.05, 0) is 43.3 Å². The first-order valence-corrected chi connectivity index (χ1v) is 10.9. The molecule has 2 aromatic carbocycles. The number of nitrogen functional groups attached to an aromatic ring is 1. The summed E-state index contributed by atoms with van der Waals surface area (Å²) in [6.07, 6.45) is 1.85. The molecule has 0 amide bonds. The van der Waals surface area contributed by atoms with E-state index in [0.29, 0.717) is 30.1 Å². The summed E-state index contributed by atoms with van der Waals surface area (Å²) in [6.45, 7) is 6.47. The van der Waals surface area contributed by atoms with Gasteiger partial charge in [0.15, 0.2) is 5.75 Å². The topological polar surface area (TPSA) is 98.9 Å². The van der Waals surface area contributed by atoms with Crippen LogP contribution in [0.15, 0.2) is 66.9 Å². The largest absolute Gasteiger partial charge is 0.487 e. The van der Waals surface area contributed by atoms with Crippen molar-refractivity contribution in [2.45, 2.75) is 26.9 Å². The molecule has 0 saturated heterocycles. The van der Waals surface area contributed by atoms with E-state index >= 15 is 0 Å². The zero-order chi connectivity index (χ0) is 23.4. The first-order chi connectivity index (χ1) is 16.0. The third kappa shape index (κ3) is 4.80. The number of imidazole rings is 1. The summed E-state index contributed by atoms with van der Waals surface area (Å²) in [6, 6.07) is 18.9. The number of pyridine rings is 1. The highest BCUT2D eigenvalue weighted by Gasteiger charge is 2.22. The molecule has 0 aliphatic carbocycles. The minimum Gasteiger partial charge on any atom is -0.487 e. The summed E-state index contributed by atoms with van der Waals surface area (Å²) in [5.74, 6) is 0.250. The summed E-state index contributed by atoms with van der Waals surface area (Å²) in [4.78, 5) is 18.4. The molecule has 0 atom stereocenters. The average Bonchev–Trinajstić information content (AvgIpc) is 3.17. The van der Waals surface area contributed by atoms with Gasteiger partial charge in [0.2, 0.25) is 0 Å². The number of nitro benzene ring substituents is 1. The molecular weight excluding hydrogens is 418 g/mol. The van der Waals surface area contributed by atoms with Crippen LogP contribution in [0.2, 0.25) is 0 Å². The van der Waals surface area contributed by atoms with Crippen LogP contribution in [0.1, 0.15) is 25.1 Å². The number of fused-ring (bicyclic) bond motifs is 1. The Balaban J connectivity index is 1.80. The van der Waals surface area contributed by atoms with E-state index < -0.39 is 4.92 Å². The van der Waals surface area contributed by atoms with Gasteiger partial charge in [0.05, 0.1) is 22.9 Å². The number of hydrogen-bond donors (Lipinski definition) is 1. The fourth-order valence-electron chi connectivity index (χ4n) is 3.91. The molecule has 4 aromatic rings. The lowest BCUT2D eigenvalue weighted by molar-refractivity contribution is -0.385. The van der Waals surface area contributed by atoms with Gasteiger partial charge in [0, 0.05) is 36.6 Å². The summed E-state index contributed by atoms with van der Waals surface area (Å²) >= 11 is 0. The van der Waals surface area contributed by atoms with Crippen molar-refractivity contribution in [2.24, 2.45) is 0 Å². The Kier molecular flexibility index (Phi) is 6.55. The standard InChI is InChI=1S/C25H27N5O3/c1-3-28(15-18-8-6-5-7-9-18)17-22-25(27-24-13-11-20(26)16-29(22)24)19-10-12-23(33-4-2)21(14-19)30(31)32/h5-14,16H,3-4,15,17,26H2,1-2H3. The zero-order valence-corrected chi connectivity index (χ0v) is 18.8. The van der Waals surface area contributed by atoms with Gasteiger partial charge in [-0.3, -0.25) is 15.0 Å². The minimum absolute atomic E-state index is 0.0755. The lowest BCUT2D eigenvalue weighted by Crippen LogP contribution is -2.23. The molecule has 2 N–H and O–H groups in total. The number of ether oxygens (including phenoxy) is 1. The van der Waals surface area contributed by atoms with Gasteiger partial charge in [-0.25, -0.2) is 4.98 Å². The van der Waals surface area contributed by atoms with E-state index in [1.165, 1.54) is 11.6 Å². The summed E-state index contributed by atoms with van der Waals surface area (Å²) in [5.41, 5.74) is 10.9. The number of rotatable bonds is 9. The van der Waals surface area contributed by atoms with Gasteiger partial charge in [0.25, 0.3) is 0 Å². The fourth-order valence-corrected chi connectivity index (χ4v) is 3.91. The molecule has 0 unspecified atom stereocenters. The Labute approximate surface area is 192 Å². The Morgan fingerprint density at radius 2 is 1.88 bits per heavy atom. The van der Waals surface area contributed by atoms with Crippen molar-refractivity contribution in [3.8, 4) is 17.0 Å². The number of aromatic nitrogens is 2. The van der Waals surface area contributed by atoms with Crippen LogP contribution in [0.3, 0.4) is 0 Å². The maximum atomic E-state index is 11.7. The van der Waals surface area contributed by atoms with Crippen LogP contribution in [0.4, 0.5) is 11.4 Å². The Hall–Kier alpha value is -3.91. The Morgan fingerprint density at radius 1 is 1.09 bits per heavy atom. The highest BCUT2D eigenvalue weighted by molar-refractivity contribution is 5.71. The SMILES string of the molecule is CCOc1ccc(-c2nc3ccc(N)cn3c2CN(CC)Cc2ccccc2)cc1[N+](=O)[O-]. The van der Waals surface area contributed by atoms with E-state index in [1.54, 1.807) is 19.1 Å². The second-order valence-corrected chi connectivity index (χ2v) is 7.76. The number of hydrogen-bond acceptors (Lipinski definition) is 6. The predicted molar refractivity (Wildman–Crippen MR) is 129 cm³/mol. The van der Waals surface area contributed by atoms with Gasteiger partial charge >= 0.3 is 5.69 Å². The second-order valence-electron chi connectivity index (χ2n) is 7.76. The van der Waals surface area contributed by atoms with E-state index in [1.807, 2.05) is 40.9 Å². The van der Waals surface area contributed by atoms with Crippen molar-refractivity contribution in [3.05, 3.63) is 88.2 Å². The molecule has 0 aliphatic rings. The van der Waals surface area contributed by atoms with Crippen LogP contribution >= 0.6 is 0 Å². The third-order valence-corrected chi connectivity index (χ3v) is 5.54. The third-order valence-electron chi connectivity index (χ3n) is 5.54. The van der Waals surface area contributed by atoms with Crippen LogP contribution < -0.4 is 10.5 Å². The van der Waals surface area contributed by atoms with Gasteiger partial charge in [-0.2, -0.15) is 0 Å². The van der Waals surface area contributed by atoms with Crippen LogP contribution in [-0.4, -0.2) is 32.4 Å². The monoisotopic (exact) mass is 445 g/mol. The molecule has 0 saturated carbocycles. The van der Waals surface area contributed by atoms with E-state index in [4.69, 9.17) is 15.5 Å². The molecule has 8 nitrogen and oxygen atoms in total. The van der Waals surface area contributed by atoms with Gasteiger partial charge in [-0.15, -0.1) is 0 Å². The lowest BCUT2D eigenvalue weighted by atomic mass is 10.1. The van der Waals surface area contributed by atoms with Crippen molar-refractivity contribution in [3.63, 3.8) is 0 Å². The number of benzene rings is 2.